The van der Waals surface area contributed by atoms with Gasteiger partial charge in [0.2, 0.25) is 0 Å². The first-order valence-corrected chi connectivity index (χ1v) is 9.62. The highest BCUT2D eigenvalue weighted by molar-refractivity contribution is 6.55. The molecule has 140 valence electrons. The van der Waals surface area contributed by atoms with Gasteiger partial charge in [-0.3, -0.25) is 0 Å². The maximum atomic E-state index is 6.37. The Labute approximate surface area is 170 Å². The van der Waals surface area contributed by atoms with Crippen LogP contribution in [0.25, 0.3) is 0 Å². The van der Waals surface area contributed by atoms with E-state index >= 15 is 0 Å². The van der Waals surface area contributed by atoms with Crippen molar-refractivity contribution in [3.63, 3.8) is 0 Å². The number of halogens is 3. The summed E-state index contributed by atoms with van der Waals surface area (Å²) in [5, 5.41) is 0.561. The van der Waals surface area contributed by atoms with Gasteiger partial charge in [-0.2, -0.15) is 0 Å². The fourth-order valence-corrected chi connectivity index (χ4v) is 3.13. The molecule has 0 amide bonds. The quantitative estimate of drug-likeness (QED) is 0.474. The van der Waals surface area contributed by atoms with Crippen molar-refractivity contribution in [2.24, 2.45) is 0 Å². The summed E-state index contributed by atoms with van der Waals surface area (Å²) in [5.41, 5.74) is 3.55. The van der Waals surface area contributed by atoms with E-state index < -0.39 is 0 Å². The normalized spacial score (nSPS) is 12.0. The Morgan fingerprint density at radius 2 is 1.81 bits per heavy atom. The Kier molecular flexibility index (Phi) is 7.69. The second-order valence-electron chi connectivity index (χ2n) is 6.40. The highest BCUT2D eigenvalue weighted by atomic mass is 35.5. The van der Waals surface area contributed by atoms with Gasteiger partial charge in [0.25, 0.3) is 0 Å². The van der Waals surface area contributed by atoms with Gasteiger partial charge in [-0.05, 0) is 67.8 Å². The molecule has 1 unspecified atom stereocenters. The Morgan fingerprint density at radius 3 is 2.38 bits per heavy atom. The van der Waals surface area contributed by atoms with E-state index in [2.05, 4.69) is 26.0 Å². The highest BCUT2D eigenvalue weighted by Gasteiger charge is 2.14. The van der Waals surface area contributed by atoms with E-state index in [9.17, 15) is 0 Å². The molecule has 0 saturated carbocycles. The standard InChI is InChI=1S/C21H23Cl3O2/c1-13(2)26-17-6-7-18(14(3)11-17)15(4)16-5-8-20(19(22)12-16)25-10-9-21(23)24/h5-9,11-13,15H,10H2,1-4H3. The van der Waals surface area contributed by atoms with Crippen LogP contribution >= 0.6 is 34.8 Å². The van der Waals surface area contributed by atoms with E-state index in [1.54, 1.807) is 6.08 Å². The van der Waals surface area contributed by atoms with Gasteiger partial charge in [0.05, 0.1) is 11.1 Å². The second-order valence-corrected chi connectivity index (χ2v) is 7.82. The Hall–Kier alpha value is -1.35. The van der Waals surface area contributed by atoms with Crippen LogP contribution in [0.2, 0.25) is 5.02 Å². The number of benzene rings is 2. The van der Waals surface area contributed by atoms with Crippen LogP contribution in [-0.2, 0) is 0 Å². The van der Waals surface area contributed by atoms with Crippen molar-refractivity contribution in [2.75, 3.05) is 6.61 Å². The largest absolute Gasteiger partial charge is 0.491 e. The highest BCUT2D eigenvalue weighted by Crippen LogP contribution is 2.34. The lowest BCUT2D eigenvalue weighted by atomic mass is 9.90. The summed E-state index contributed by atoms with van der Waals surface area (Å²) in [7, 11) is 0. The molecule has 5 heteroatoms. The summed E-state index contributed by atoms with van der Waals surface area (Å²) in [4.78, 5) is 0. The molecule has 0 heterocycles. The van der Waals surface area contributed by atoms with Crippen LogP contribution in [0, 0.1) is 6.92 Å². The third-order valence-corrected chi connectivity index (χ3v) is 4.62. The minimum absolute atomic E-state index is 0.160. The summed E-state index contributed by atoms with van der Waals surface area (Å²) in [6, 6.07) is 12.0. The van der Waals surface area contributed by atoms with Crippen molar-refractivity contribution in [1.82, 2.24) is 0 Å². The third kappa shape index (κ3) is 5.84. The first kappa shape index (κ1) is 21.0. The topological polar surface area (TPSA) is 18.5 Å². The summed E-state index contributed by atoms with van der Waals surface area (Å²) in [6.45, 7) is 8.57. The zero-order valence-electron chi connectivity index (χ0n) is 15.4. The van der Waals surface area contributed by atoms with Crippen molar-refractivity contribution in [3.05, 3.63) is 68.7 Å². The minimum atomic E-state index is 0.160. The van der Waals surface area contributed by atoms with Crippen LogP contribution in [-0.4, -0.2) is 12.7 Å². The Morgan fingerprint density at radius 1 is 1.08 bits per heavy atom. The lowest BCUT2D eigenvalue weighted by molar-refractivity contribution is 0.242. The van der Waals surface area contributed by atoms with Crippen molar-refractivity contribution < 1.29 is 9.47 Å². The maximum Gasteiger partial charge on any atom is 0.138 e. The average molecular weight is 414 g/mol. The third-order valence-electron chi connectivity index (χ3n) is 4.01. The molecule has 0 aromatic heterocycles. The predicted molar refractivity (Wildman–Crippen MR) is 111 cm³/mol. The van der Waals surface area contributed by atoms with Gasteiger partial charge in [-0.1, -0.05) is 53.9 Å². The molecule has 26 heavy (non-hydrogen) atoms. The number of hydrogen-bond acceptors (Lipinski definition) is 2. The lowest BCUT2D eigenvalue weighted by Crippen LogP contribution is -2.06. The average Bonchev–Trinajstić information content (AvgIpc) is 2.55. The first-order valence-electron chi connectivity index (χ1n) is 8.48. The molecule has 2 rings (SSSR count). The summed E-state index contributed by atoms with van der Waals surface area (Å²) >= 11 is 17.5. The molecule has 0 aliphatic heterocycles. The van der Waals surface area contributed by atoms with Crippen LogP contribution < -0.4 is 9.47 Å². The molecule has 0 saturated heterocycles. The van der Waals surface area contributed by atoms with Crippen molar-refractivity contribution in [3.8, 4) is 11.5 Å². The van der Waals surface area contributed by atoms with Crippen LogP contribution in [0.3, 0.4) is 0 Å². The molecule has 0 fully saturated rings. The molecule has 2 aromatic carbocycles. The van der Waals surface area contributed by atoms with E-state index in [0.717, 1.165) is 11.3 Å². The zero-order chi connectivity index (χ0) is 19.3. The van der Waals surface area contributed by atoms with Gasteiger partial charge in [0.15, 0.2) is 0 Å². The van der Waals surface area contributed by atoms with Gasteiger partial charge < -0.3 is 9.47 Å². The SMILES string of the molecule is Cc1cc(OC(C)C)ccc1C(C)c1ccc(OCC=C(Cl)Cl)c(Cl)c1. The fraction of sp³-hybridized carbons (Fsp3) is 0.333. The zero-order valence-corrected chi connectivity index (χ0v) is 17.6. The van der Waals surface area contributed by atoms with Crippen molar-refractivity contribution in [2.45, 2.75) is 39.7 Å². The van der Waals surface area contributed by atoms with Gasteiger partial charge in [-0.25, -0.2) is 0 Å². The molecule has 0 bridgehead atoms. The molecule has 0 radical (unpaired) electrons. The van der Waals surface area contributed by atoms with Crippen molar-refractivity contribution >= 4 is 34.8 Å². The molecule has 2 nitrogen and oxygen atoms in total. The summed E-state index contributed by atoms with van der Waals surface area (Å²) in [6.07, 6.45) is 1.73. The number of rotatable bonds is 7. The van der Waals surface area contributed by atoms with Crippen LogP contribution in [0.4, 0.5) is 0 Å². The van der Waals surface area contributed by atoms with Crippen LogP contribution in [0.1, 0.15) is 43.4 Å². The molecule has 0 aliphatic carbocycles. The lowest BCUT2D eigenvalue weighted by Gasteiger charge is -2.18. The van der Waals surface area contributed by atoms with E-state index in [-0.39, 0.29) is 23.1 Å². The number of aryl methyl sites for hydroxylation is 1. The molecular formula is C21H23Cl3O2. The molecule has 0 N–H and O–H groups in total. The molecular weight excluding hydrogens is 391 g/mol. The number of ether oxygens (including phenoxy) is 2. The van der Waals surface area contributed by atoms with Crippen LogP contribution in [0.5, 0.6) is 11.5 Å². The monoisotopic (exact) mass is 412 g/mol. The van der Waals surface area contributed by atoms with E-state index in [1.165, 1.54) is 11.1 Å². The Balaban J connectivity index is 2.17. The molecule has 2 aromatic rings. The van der Waals surface area contributed by atoms with Crippen LogP contribution in [0.15, 0.2) is 47.0 Å². The van der Waals surface area contributed by atoms with E-state index in [0.29, 0.717) is 10.8 Å². The maximum absolute atomic E-state index is 6.37. The predicted octanol–water partition coefficient (Wildman–Crippen LogP) is 7.29. The fourth-order valence-electron chi connectivity index (χ4n) is 2.76. The molecule has 1 atom stereocenters. The molecule has 0 aliphatic rings. The minimum Gasteiger partial charge on any atom is -0.491 e. The van der Waals surface area contributed by atoms with E-state index in [1.807, 2.05) is 38.1 Å². The smallest absolute Gasteiger partial charge is 0.138 e. The number of hydrogen-bond donors (Lipinski definition) is 0. The van der Waals surface area contributed by atoms with Crippen molar-refractivity contribution in [1.29, 1.82) is 0 Å². The van der Waals surface area contributed by atoms with E-state index in [4.69, 9.17) is 44.3 Å². The van der Waals surface area contributed by atoms with Gasteiger partial charge >= 0.3 is 0 Å². The Bertz CT molecular complexity index is 781. The first-order chi connectivity index (χ1) is 12.3. The summed E-state index contributed by atoms with van der Waals surface area (Å²) < 4.78 is 11.5. The van der Waals surface area contributed by atoms with Gasteiger partial charge in [0.1, 0.15) is 22.6 Å². The molecule has 0 spiro atoms. The second kappa shape index (κ2) is 9.55. The van der Waals surface area contributed by atoms with Gasteiger partial charge in [-0.15, -0.1) is 0 Å². The summed E-state index contributed by atoms with van der Waals surface area (Å²) in [5.74, 6) is 1.69. The van der Waals surface area contributed by atoms with Gasteiger partial charge in [0, 0.05) is 5.92 Å².